The molecule has 2 heterocycles. The average molecular weight is 287 g/mol. The highest BCUT2D eigenvalue weighted by Crippen LogP contribution is 2.29. The maximum absolute atomic E-state index is 8.97. The molecule has 0 radical (unpaired) electrons. The Morgan fingerprint density at radius 2 is 1.90 bits per heavy atom. The summed E-state index contributed by atoms with van der Waals surface area (Å²) in [7, 11) is 0. The van der Waals surface area contributed by atoms with Crippen molar-refractivity contribution in [2.75, 3.05) is 0 Å². The first-order valence-corrected chi connectivity index (χ1v) is 6.61. The lowest BCUT2D eigenvalue weighted by molar-refractivity contribution is 0.545. The summed E-state index contributed by atoms with van der Waals surface area (Å²) in [6, 6.07) is 3.83. The zero-order chi connectivity index (χ0) is 14.9. The van der Waals surface area contributed by atoms with Gasteiger partial charge in [0.2, 0.25) is 0 Å². The summed E-state index contributed by atoms with van der Waals surface area (Å²) in [5.74, 6) is 0.672. The third-order valence-corrected chi connectivity index (χ3v) is 3.27. The normalized spacial score (nSPS) is 11.2. The molecule has 0 bridgehead atoms. The maximum Gasteiger partial charge on any atom is 0.136 e. The molecule has 0 fully saturated rings. The van der Waals surface area contributed by atoms with Crippen LogP contribution in [0.1, 0.15) is 37.7 Å². The topological polar surface area (TPSA) is 62.5 Å². The molecule has 102 valence electrons. The first kappa shape index (κ1) is 14.4. The summed E-state index contributed by atoms with van der Waals surface area (Å²) >= 11 is 6.21. The van der Waals surface area contributed by atoms with E-state index in [-0.39, 0.29) is 5.41 Å². The molecular weight excluding hydrogens is 272 g/mol. The molecule has 0 N–H and O–H groups in total. The average Bonchev–Trinajstić information content (AvgIpc) is 2.40. The van der Waals surface area contributed by atoms with Gasteiger partial charge in [-0.05, 0) is 13.0 Å². The second kappa shape index (κ2) is 5.18. The Hall–Kier alpha value is -1.99. The predicted molar refractivity (Wildman–Crippen MR) is 78.4 cm³/mol. The van der Waals surface area contributed by atoms with Crippen LogP contribution in [0.2, 0.25) is 5.15 Å². The smallest absolute Gasteiger partial charge is 0.136 e. The van der Waals surface area contributed by atoms with Gasteiger partial charge in [0.05, 0.1) is 11.3 Å². The number of nitriles is 1. The summed E-state index contributed by atoms with van der Waals surface area (Å²) in [4.78, 5) is 13.0. The van der Waals surface area contributed by atoms with Crippen LogP contribution in [0.15, 0.2) is 18.5 Å². The van der Waals surface area contributed by atoms with E-state index in [0.29, 0.717) is 16.5 Å². The molecule has 0 aliphatic rings. The molecule has 0 unspecified atom stereocenters. The van der Waals surface area contributed by atoms with Gasteiger partial charge in [0.1, 0.15) is 17.0 Å². The molecule has 0 aliphatic carbocycles. The standard InChI is InChI=1S/C15H15ClN4/c1-9-12(11-5-10(6-17)7-18-8-11)19-14(15(2,3)4)20-13(9)16/h5,7-8H,1-4H3. The first-order valence-electron chi connectivity index (χ1n) is 6.23. The highest BCUT2D eigenvalue weighted by molar-refractivity contribution is 6.30. The van der Waals surface area contributed by atoms with Gasteiger partial charge in [0.25, 0.3) is 0 Å². The van der Waals surface area contributed by atoms with Crippen LogP contribution in [0.25, 0.3) is 11.3 Å². The van der Waals surface area contributed by atoms with Crippen LogP contribution >= 0.6 is 11.6 Å². The Labute approximate surface area is 123 Å². The number of hydrogen-bond donors (Lipinski definition) is 0. The molecule has 0 aliphatic heterocycles. The van der Waals surface area contributed by atoms with Crippen molar-refractivity contribution in [3.63, 3.8) is 0 Å². The molecule has 5 heteroatoms. The van der Waals surface area contributed by atoms with E-state index in [1.807, 2.05) is 27.7 Å². The molecule has 2 rings (SSSR count). The molecule has 0 amide bonds. The van der Waals surface area contributed by atoms with Crippen molar-refractivity contribution in [2.45, 2.75) is 33.1 Å². The van der Waals surface area contributed by atoms with E-state index in [1.54, 1.807) is 12.3 Å². The van der Waals surface area contributed by atoms with Crippen molar-refractivity contribution in [2.24, 2.45) is 0 Å². The monoisotopic (exact) mass is 286 g/mol. The molecule has 20 heavy (non-hydrogen) atoms. The van der Waals surface area contributed by atoms with Crippen LogP contribution in [0.5, 0.6) is 0 Å². The lowest BCUT2D eigenvalue weighted by Crippen LogP contribution is -2.17. The van der Waals surface area contributed by atoms with E-state index in [9.17, 15) is 0 Å². The van der Waals surface area contributed by atoms with Gasteiger partial charge in [-0.3, -0.25) is 4.98 Å². The Balaban J connectivity index is 2.67. The molecule has 0 atom stereocenters. The minimum Gasteiger partial charge on any atom is -0.263 e. The van der Waals surface area contributed by atoms with Crippen molar-refractivity contribution in [1.29, 1.82) is 5.26 Å². The lowest BCUT2D eigenvalue weighted by Gasteiger charge is -2.19. The fourth-order valence-electron chi connectivity index (χ4n) is 1.74. The van der Waals surface area contributed by atoms with Gasteiger partial charge in [0.15, 0.2) is 0 Å². The van der Waals surface area contributed by atoms with Gasteiger partial charge in [-0.25, -0.2) is 9.97 Å². The minimum atomic E-state index is -0.202. The largest absolute Gasteiger partial charge is 0.263 e. The van der Waals surface area contributed by atoms with E-state index < -0.39 is 0 Å². The fourth-order valence-corrected chi connectivity index (χ4v) is 1.91. The van der Waals surface area contributed by atoms with Gasteiger partial charge < -0.3 is 0 Å². The van der Waals surface area contributed by atoms with Crippen LogP contribution in [0.4, 0.5) is 0 Å². The SMILES string of the molecule is Cc1c(Cl)nc(C(C)(C)C)nc1-c1cncc(C#N)c1. The maximum atomic E-state index is 8.97. The van der Waals surface area contributed by atoms with E-state index in [4.69, 9.17) is 16.9 Å². The minimum absolute atomic E-state index is 0.202. The van der Waals surface area contributed by atoms with E-state index in [2.05, 4.69) is 21.0 Å². The van der Waals surface area contributed by atoms with E-state index in [0.717, 1.165) is 16.8 Å². The number of pyridine rings is 1. The third-order valence-electron chi connectivity index (χ3n) is 2.90. The summed E-state index contributed by atoms with van der Waals surface area (Å²) in [5, 5.41) is 9.40. The third kappa shape index (κ3) is 2.78. The van der Waals surface area contributed by atoms with Crippen molar-refractivity contribution in [3.8, 4) is 17.3 Å². The molecule has 2 aromatic rings. The molecule has 2 aromatic heterocycles. The van der Waals surface area contributed by atoms with Crippen molar-refractivity contribution >= 4 is 11.6 Å². The van der Waals surface area contributed by atoms with Crippen molar-refractivity contribution < 1.29 is 0 Å². The summed E-state index contributed by atoms with van der Waals surface area (Å²) in [5.41, 5.74) is 2.58. The molecule has 0 saturated carbocycles. The summed E-state index contributed by atoms with van der Waals surface area (Å²) in [6.07, 6.45) is 3.20. The molecule has 0 aromatic carbocycles. The van der Waals surface area contributed by atoms with Crippen LogP contribution < -0.4 is 0 Å². The summed E-state index contributed by atoms with van der Waals surface area (Å²) < 4.78 is 0. The van der Waals surface area contributed by atoms with E-state index >= 15 is 0 Å². The van der Waals surface area contributed by atoms with Crippen molar-refractivity contribution in [3.05, 3.63) is 40.6 Å². The van der Waals surface area contributed by atoms with Gasteiger partial charge in [-0.15, -0.1) is 0 Å². The van der Waals surface area contributed by atoms with Crippen LogP contribution in [-0.2, 0) is 5.41 Å². The molecule has 0 saturated heterocycles. The Morgan fingerprint density at radius 1 is 1.20 bits per heavy atom. The number of hydrogen-bond acceptors (Lipinski definition) is 4. The van der Waals surface area contributed by atoms with Crippen LogP contribution in [-0.4, -0.2) is 15.0 Å². The van der Waals surface area contributed by atoms with Crippen LogP contribution in [0.3, 0.4) is 0 Å². The van der Waals surface area contributed by atoms with Gasteiger partial charge in [-0.1, -0.05) is 32.4 Å². The van der Waals surface area contributed by atoms with Gasteiger partial charge in [0, 0.05) is 28.9 Å². The Kier molecular flexibility index (Phi) is 3.74. The zero-order valence-electron chi connectivity index (χ0n) is 11.9. The number of aromatic nitrogens is 3. The second-order valence-corrected chi connectivity index (χ2v) is 5.99. The number of rotatable bonds is 1. The molecule has 4 nitrogen and oxygen atoms in total. The highest BCUT2D eigenvalue weighted by atomic mass is 35.5. The summed E-state index contributed by atoms with van der Waals surface area (Å²) in [6.45, 7) is 7.95. The lowest BCUT2D eigenvalue weighted by atomic mass is 9.95. The zero-order valence-corrected chi connectivity index (χ0v) is 12.7. The van der Waals surface area contributed by atoms with Crippen LogP contribution in [0, 0.1) is 18.3 Å². The van der Waals surface area contributed by atoms with Gasteiger partial charge in [-0.2, -0.15) is 5.26 Å². The first-order chi connectivity index (χ1) is 9.32. The number of halogens is 1. The quantitative estimate of drug-likeness (QED) is 0.750. The van der Waals surface area contributed by atoms with Crippen molar-refractivity contribution in [1.82, 2.24) is 15.0 Å². The highest BCUT2D eigenvalue weighted by Gasteiger charge is 2.21. The van der Waals surface area contributed by atoms with E-state index in [1.165, 1.54) is 6.20 Å². The second-order valence-electron chi connectivity index (χ2n) is 5.64. The number of nitrogens with zero attached hydrogens (tertiary/aromatic N) is 4. The Bertz CT molecular complexity index is 696. The fraction of sp³-hybridized carbons (Fsp3) is 0.333. The Morgan fingerprint density at radius 3 is 2.50 bits per heavy atom. The molecular formula is C15H15ClN4. The molecule has 0 spiro atoms. The predicted octanol–water partition coefficient (Wildman–Crippen LogP) is 3.67. The van der Waals surface area contributed by atoms with Gasteiger partial charge >= 0.3 is 0 Å².